The van der Waals surface area contributed by atoms with E-state index < -0.39 is 22.1 Å². The molecule has 28 heavy (non-hydrogen) atoms. The van der Waals surface area contributed by atoms with Gasteiger partial charge in [0.2, 0.25) is 15.8 Å². The van der Waals surface area contributed by atoms with Crippen LogP contribution in [-0.4, -0.2) is 32.3 Å². The predicted octanol–water partition coefficient (Wildman–Crippen LogP) is 3.17. The highest BCUT2D eigenvalue weighted by Gasteiger charge is 2.28. The van der Waals surface area contributed by atoms with Crippen LogP contribution in [0.5, 0.6) is 0 Å². The molecule has 1 saturated carbocycles. The zero-order chi connectivity index (χ0) is 20.5. The highest BCUT2D eigenvalue weighted by atomic mass is 32.2. The second-order valence-corrected chi connectivity index (χ2v) is 8.84. The molecule has 0 heterocycles. The number of Topliss-reactive ketones (excluding diaryl/α,β-unsaturated/α-hetero) is 1. The third-order valence-electron chi connectivity index (χ3n) is 4.74. The van der Waals surface area contributed by atoms with Crippen molar-refractivity contribution in [3.8, 4) is 0 Å². The summed E-state index contributed by atoms with van der Waals surface area (Å²) >= 11 is 0. The van der Waals surface area contributed by atoms with Crippen molar-refractivity contribution in [2.75, 3.05) is 0 Å². The highest BCUT2D eigenvalue weighted by Crippen LogP contribution is 2.22. The molecule has 0 aromatic heterocycles. The second kappa shape index (κ2) is 7.85. The Labute approximate surface area is 165 Å². The van der Waals surface area contributed by atoms with Gasteiger partial charge in [0.15, 0.2) is 6.10 Å². The predicted molar refractivity (Wildman–Crippen MR) is 105 cm³/mol. The molecule has 0 unspecified atom stereocenters. The van der Waals surface area contributed by atoms with Gasteiger partial charge in [-0.25, -0.2) is 17.9 Å². The van der Waals surface area contributed by atoms with Crippen molar-refractivity contribution in [3.63, 3.8) is 0 Å². The first-order valence-corrected chi connectivity index (χ1v) is 10.6. The van der Waals surface area contributed by atoms with Gasteiger partial charge in [-0.15, -0.1) is 0 Å². The van der Waals surface area contributed by atoms with Gasteiger partial charge in [0.25, 0.3) is 0 Å². The number of ether oxygens (including phenoxy) is 1. The molecule has 0 aliphatic heterocycles. The van der Waals surface area contributed by atoms with Crippen LogP contribution in [0.3, 0.4) is 0 Å². The molecule has 2 aromatic carbocycles. The maximum atomic E-state index is 12.5. The standard InChI is InChI=1S/C21H23NO5S/c1-13-4-5-17(12-14(13)2)20(23)15(3)27-21(24)16-6-10-19(11-7-16)28(25,26)22-18-8-9-18/h4-7,10-12,15,18,22H,8-9H2,1-3H3/t15-/m0/s1. The Bertz CT molecular complexity index is 1010. The summed E-state index contributed by atoms with van der Waals surface area (Å²) in [4.78, 5) is 24.9. The maximum Gasteiger partial charge on any atom is 0.338 e. The van der Waals surface area contributed by atoms with E-state index in [1.165, 1.54) is 31.2 Å². The number of benzene rings is 2. The summed E-state index contributed by atoms with van der Waals surface area (Å²) in [5.74, 6) is -0.965. The van der Waals surface area contributed by atoms with E-state index in [0.29, 0.717) is 5.56 Å². The Kier molecular flexibility index (Phi) is 5.67. The molecule has 148 valence electrons. The van der Waals surface area contributed by atoms with Gasteiger partial charge >= 0.3 is 5.97 Å². The van der Waals surface area contributed by atoms with Gasteiger partial charge < -0.3 is 4.74 Å². The van der Waals surface area contributed by atoms with E-state index >= 15 is 0 Å². The number of hydrogen-bond donors (Lipinski definition) is 1. The molecule has 0 saturated heterocycles. The summed E-state index contributed by atoms with van der Waals surface area (Å²) in [6.45, 7) is 5.39. The van der Waals surface area contributed by atoms with E-state index in [1.807, 2.05) is 19.9 Å². The molecule has 0 spiro atoms. The molecule has 1 aliphatic carbocycles. The van der Waals surface area contributed by atoms with E-state index in [4.69, 9.17) is 4.74 Å². The third-order valence-corrected chi connectivity index (χ3v) is 6.28. The topological polar surface area (TPSA) is 89.5 Å². The van der Waals surface area contributed by atoms with Crippen molar-refractivity contribution < 1.29 is 22.7 Å². The van der Waals surface area contributed by atoms with Crippen LogP contribution in [0.15, 0.2) is 47.4 Å². The SMILES string of the molecule is Cc1ccc(C(=O)[C@H](C)OC(=O)c2ccc(S(=O)(=O)NC3CC3)cc2)cc1C. The second-order valence-electron chi connectivity index (χ2n) is 7.13. The van der Waals surface area contributed by atoms with E-state index in [2.05, 4.69) is 4.72 Å². The first-order chi connectivity index (χ1) is 13.2. The molecule has 1 aliphatic rings. The number of rotatable bonds is 7. The first kappa shape index (κ1) is 20.2. The van der Waals surface area contributed by atoms with E-state index in [0.717, 1.165) is 24.0 Å². The minimum Gasteiger partial charge on any atom is -0.451 e. The Hall–Kier alpha value is -2.51. The number of ketones is 1. The molecule has 3 rings (SSSR count). The minimum atomic E-state index is -3.58. The molecule has 2 aromatic rings. The number of esters is 1. The van der Waals surface area contributed by atoms with Gasteiger partial charge in [0.05, 0.1) is 10.5 Å². The van der Waals surface area contributed by atoms with E-state index in [9.17, 15) is 18.0 Å². The monoisotopic (exact) mass is 401 g/mol. The normalized spacial score (nSPS) is 15.1. The molecule has 1 N–H and O–H groups in total. The number of nitrogens with one attached hydrogen (secondary N) is 1. The van der Waals surface area contributed by atoms with Crippen LogP contribution in [0, 0.1) is 13.8 Å². The van der Waals surface area contributed by atoms with Crippen molar-refractivity contribution >= 4 is 21.8 Å². The van der Waals surface area contributed by atoms with Crippen LogP contribution < -0.4 is 4.72 Å². The fourth-order valence-corrected chi connectivity index (χ4v) is 3.98. The average molecular weight is 401 g/mol. The third kappa shape index (κ3) is 4.66. The fourth-order valence-electron chi connectivity index (χ4n) is 2.67. The summed E-state index contributed by atoms with van der Waals surface area (Å²) in [6.07, 6.45) is 0.737. The Morgan fingerprint density at radius 2 is 1.61 bits per heavy atom. The molecule has 6 nitrogen and oxygen atoms in total. The first-order valence-electron chi connectivity index (χ1n) is 9.12. The van der Waals surface area contributed by atoms with E-state index in [1.54, 1.807) is 12.1 Å². The molecule has 0 bridgehead atoms. The van der Waals surface area contributed by atoms with Crippen molar-refractivity contribution in [2.45, 2.75) is 50.7 Å². The zero-order valence-electron chi connectivity index (χ0n) is 16.1. The highest BCUT2D eigenvalue weighted by molar-refractivity contribution is 7.89. The van der Waals surface area contributed by atoms with Gasteiger partial charge in [-0.1, -0.05) is 12.1 Å². The number of carbonyl (C=O) groups is 2. The lowest BCUT2D eigenvalue weighted by molar-refractivity contribution is 0.0318. The molecule has 0 radical (unpaired) electrons. The van der Waals surface area contributed by atoms with Gasteiger partial charge in [-0.2, -0.15) is 0 Å². The van der Waals surface area contributed by atoms with Crippen LogP contribution in [-0.2, 0) is 14.8 Å². The summed E-state index contributed by atoms with van der Waals surface area (Å²) in [5, 5.41) is 0. The summed E-state index contributed by atoms with van der Waals surface area (Å²) in [7, 11) is -3.58. The Morgan fingerprint density at radius 3 is 2.18 bits per heavy atom. The maximum absolute atomic E-state index is 12.5. The van der Waals surface area contributed by atoms with Gasteiger partial charge in [-0.05, 0) is 75.1 Å². The molecule has 1 atom stereocenters. The lowest BCUT2D eigenvalue weighted by Gasteiger charge is -2.13. The smallest absolute Gasteiger partial charge is 0.338 e. The minimum absolute atomic E-state index is 0.00640. The van der Waals surface area contributed by atoms with Crippen LogP contribution in [0.1, 0.15) is 51.6 Å². The quantitative estimate of drug-likeness (QED) is 0.569. The molecule has 1 fully saturated rings. The van der Waals surface area contributed by atoms with Gasteiger partial charge in [-0.3, -0.25) is 4.79 Å². The van der Waals surface area contributed by atoms with Gasteiger partial charge in [0, 0.05) is 11.6 Å². The van der Waals surface area contributed by atoms with Crippen LogP contribution >= 0.6 is 0 Å². The number of carbonyl (C=O) groups excluding carboxylic acids is 2. The summed E-state index contributed by atoms with van der Waals surface area (Å²) in [6, 6.07) is 10.8. The average Bonchev–Trinajstić information content (AvgIpc) is 3.46. The van der Waals surface area contributed by atoms with Crippen molar-refractivity contribution in [3.05, 3.63) is 64.7 Å². The van der Waals surface area contributed by atoms with Crippen molar-refractivity contribution in [1.29, 1.82) is 0 Å². The summed E-state index contributed by atoms with van der Waals surface area (Å²) in [5.41, 5.74) is 2.73. The van der Waals surface area contributed by atoms with Crippen molar-refractivity contribution in [1.82, 2.24) is 4.72 Å². The fraction of sp³-hybridized carbons (Fsp3) is 0.333. The van der Waals surface area contributed by atoms with Crippen LogP contribution in [0.4, 0.5) is 0 Å². The van der Waals surface area contributed by atoms with Crippen LogP contribution in [0.25, 0.3) is 0 Å². The Morgan fingerprint density at radius 1 is 1.00 bits per heavy atom. The van der Waals surface area contributed by atoms with E-state index in [-0.39, 0.29) is 22.3 Å². The number of hydrogen-bond acceptors (Lipinski definition) is 5. The lowest BCUT2D eigenvalue weighted by atomic mass is 10.0. The summed E-state index contributed by atoms with van der Waals surface area (Å²) < 4.78 is 32.2. The largest absolute Gasteiger partial charge is 0.451 e. The van der Waals surface area contributed by atoms with Gasteiger partial charge in [0.1, 0.15) is 0 Å². The molecular formula is C21H23NO5S. The number of sulfonamides is 1. The Balaban J connectivity index is 1.66. The lowest BCUT2D eigenvalue weighted by Crippen LogP contribution is -2.26. The molecule has 0 amide bonds. The van der Waals surface area contributed by atoms with Crippen LogP contribution in [0.2, 0.25) is 0 Å². The number of aryl methyl sites for hydroxylation is 2. The molecule has 7 heteroatoms. The zero-order valence-corrected chi connectivity index (χ0v) is 16.9. The molecular weight excluding hydrogens is 378 g/mol. The van der Waals surface area contributed by atoms with Crippen molar-refractivity contribution in [2.24, 2.45) is 0 Å².